The molecule has 1 saturated heterocycles. The van der Waals surface area contributed by atoms with Crippen LogP contribution in [0.1, 0.15) is 18.4 Å². The van der Waals surface area contributed by atoms with E-state index < -0.39 is 6.61 Å². The normalized spacial score (nSPS) is 20.0. The number of aliphatic imine (C=N–C) groups is 1. The van der Waals surface area contributed by atoms with E-state index in [4.69, 9.17) is 0 Å². The van der Waals surface area contributed by atoms with Crippen molar-refractivity contribution in [2.75, 3.05) is 13.1 Å². The largest absolute Gasteiger partial charge is 0.435 e. The number of piperidine rings is 1. The number of alkyl halides is 2. The lowest BCUT2D eigenvalue weighted by molar-refractivity contribution is -0.120. The fraction of sp³-hybridized carbons (Fsp3) is 0.312. The first-order valence-electron chi connectivity index (χ1n) is 7.35. The Morgan fingerprint density at radius 3 is 2.46 bits per heavy atom. The van der Waals surface area contributed by atoms with E-state index in [1.54, 1.807) is 18.2 Å². The molecule has 0 bridgehead atoms. The van der Waals surface area contributed by atoms with E-state index in [2.05, 4.69) is 9.73 Å². The van der Waals surface area contributed by atoms with Gasteiger partial charge in [0.2, 0.25) is 0 Å². The van der Waals surface area contributed by atoms with Crippen molar-refractivity contribution in [3.05, 3.63) is 34.7 Å². The number of halogens is 2. The fourth-order valence-electron chi connectivity index (χ4n) is 2.38. The second-order valence-corrected chi connectivity index (χ2v) is 6.29. The number of rotatable bonds is 3. The maximum atomic E-state index is 12.1. The number of Topliss-reactive ketones (excluding diaryl/α,β-unsaturated/α-hetero) is 1. The van der Waals surface area contributed by atoms with Crippen molar-refractivity contribution in [1.29, 1.82) is 0 Å². The molecule has 1 aromatic rings. The van der Waals surface area contributed by atoms with Gasteiger partial charge in [0.1, 0.15) is 11.5 Å². The second-order valence-electron chi connectivity index (χ2n) is 5.28. The molecule has 126 valence electrons. The van der Waals surface area contributed by atoms with Crippen molar-refractivity contribution in [1.82, 2.24) is 4.90 Å². The Balaban J connectivity index is 1.66. The van der Waals surface area contributed by atoms with Crippen LogP contribution in [0, 0.1) is 0 Å². The van der Waals surface area contributed by atoms with Crippen molar-refractivity contribution in [2.45, 2.75) is 19.5 Å². The highest BCUT2D eigenvalue weighted by Gasteiger charge is 2.28. The number of carbonyl (C=O) groups excluding carboxylic acids is 2. The Kier molecular flexibility index (Phi) is 4.94. The summed E-state index contributed by atoms with van der Waals surface area (Å²) in [5, 5.41) is 0.608. The summed E-state index contributed by atoms with van der Waals surface area (Å²) in [4.78, 5) is 29.7. The van der Waals surface area contributed by atoms with Gasteiger partial charge < -0.3 is 9.64 Å². The first kappa shape index (κ1) is 16.6. The molecule has 5 nitrogen and oxygen atoms in total. The summed E-state index contributed by atoms with van der Waals surface area (Å²) in [5.74, 6) is -0.0460. The summed E-state index contributed by atoms with van der Waals surface area (Å²) in [6, 6.07) is 6.02. The molecular weight excluding hydrogens is 338 g/mol. The van der Waals surface area contributed by atoms with Gasteiger partial charge in [0, 0.05) is 25.9 Å². The molecular formula is C16H14F2N2O3S. The first-order chi connectivity index (χ1) is 11.5. The van der Waals surface area contributed by atoms with Crippen LogP contribution in [-0.4, -0.2) is 41.5 Å². The van der Waals surface area contributed by atoms with E-state index >= 15 is 0 Å². The van der Waals surface area contributed by atoms with Crippen molar-refractivity contribution in [3.63, 3.8) is 0 Å². The number of ether oxygens (including phenoxy) is 1. The predicted octanol–water partition coefficient (Wildman–Crippen LogP) is 2.92. The second kappa shape index (κ2) is 7.12. The number of hydrogen-bond acceptors (Lipinski definition) is 5. The first-order valence-corrected chi connectivity index (χ1v) is 8.17. The summed E-state index contributed by atoms with van der Waals surface area (Å²) in [6.45, 7) is -1.72. The van der Waals surface area contributed by atoms with Crippen LogP contribution in [0.2, 0.25) is 0 Å². The standard InChI is InChI=1S/C16H14F2N2O3S/c17-15(18)23-12-3-1-10(2-4-12)9-13-14(22)19-16(24-13)20-7-5-11(21)6-8-20/h1-4,9,15H,5-8H2. The summed E-state index contributed by atoms with van der Waals surface area (Å²) in [7, 11) is 0. The number of carbonyl (C=O) groups is 2. The maximum absolute atomic E-state index is 12.1. The average Bonchev–Trinajstić information content (AvgIpc) is 2.90. The number of hydrogen-bond donors (Lipinski definition) is 0. The van der Waals surface area contributed by atoms with Crippen LogP contribution in [0.25, 0.3) is 6.08 Å². The van der Waals surface area contributed by atoms with E-state index in [1.807, 2.05) is 4.90 Å². The SMILES string of the molecule is O=C1CCN(C2=NC(=O)C(=Cc3ccc(OC(F)F)cc3)S2)CC1. The molecule has 0 radical (unpaired) electrons. The van der Waals surface area contributed by atoms with Crippen LogP contribution in [0.15, 0.2) is 34.2 Å². The molecule has 2 aliphatic rings. The Morgan fingerprint density at radius 1 is 1.17 bits per heavy atom. The van der Waals surface area contributed by atoms with Gasteiger partial charge in [0.25, 0.3) is 5.91 Å². The predicted molar refractivity (Wildman–Crippen MR) is 86.9 cm³/mol. The van der Waals surface area contributed by atoms with Crippen LogP contribution in [0.5, 0.6) is 5.75 Å². The van der Waals surface area contributed by atoms with Gasteiger partial charge in [-0.1, -0.05) is 12.1 Å². The summed E-state index contributed by atoms with van der Waals surface area (Å²) < 4.78 is 28.5. The van der Waals surface area contributed by atoms with Gasteiger partial charge in [-0.2, -0.15) is 13.8 Å². The quantitative estimate of drug-likeness (QED) is 0.783. The molecule has 0 aliphatic carbocycles. The number of amidine groups is 1. The van der Waals surface area contributed by atoms with Crippen LogP contribution in [-0.2, 0) is 9.59 Å². The number of thioether (sulfide) groups is 1. The minimum absolute atomic E-state index is 0.0625. The monoisotopic (exact) mass is 352 g/mol. The summed E-state index contributed by atoms with van der Waals surface area (Å²) in [6.07, 6.45) is 2.60. The van der Waals surface area contributed by atoms with Gasteiger partial charge in [-0.15, -0.1) is 0 Å². The van der Waals surface area contributed by atoms with E-state index in [1.165, 1.54) is 23.9 Å². The van der Waals surface area contributed by atoms with Crippen molar-refractivity contribution >= 4 is 34.7 Å². The third kappa shape index (κ3) is 4.00. The molecule has 0 spiro atoms. The highest BCUT2D eigenvalue weighted by Crippen LogP contribution is 2.31. The Labute approximate surface area is 141 Å². The molecule has 2 aliphatic heterocycles. The zero-order chi connectivity index (χ0) is 17.1. The van der Waals surface area contributed by atoms with Crippen LogP contribution in [0.3, 0.4) is 0 Å². The summed E-state index contributed by atoms with van der Waals surface area (Å²) in [5.41, 5.74) is 0.692. The molecule has 0 unspecified atom stereocenters. The molecule has 2 heterocycles. The number of likely N-dealkylation sites (tertiary alicyclic amines) is 1. The zero-order valence-corrected chi connectivity index (χ0v) is 13.4. The minimum Gasteiger partial charge on any atom is -0.435 e. The smallest absolute Gasteiger partial charge is 0.387 e. The Hall–Kier alpha value is -2.22. The summed E-state index contributed by atoms with van der Waals surface area (Å²) >= 11 is 1.26. The minimum atomic E-state index is -2.87. The molecule has 24 heavy (non-hydrogen) atoms. The lowest BCUT2D eigenvalue weighted by Crippen LogP contribution is -2.36. The molecule has 0 aromatic heterocycles. The molecule has 1 amide bonds. The molecule has 1 fully saturated rings. The van der Waals surface area contributed by atoms with Crippen LogP contribution >= 0.6 is 11.8 Å². The fourth-order valence-corrected chi connectivity index (χ4v) is 3.34. The van der Waals surface area contributed by atoms with Gasteiger partial charge in [0.15, 0.2) is 5.17 Å². The van der Waals surface area contributed by atoms with Gasteiger partial charge >= 0.3 is 6.61 Å². The molecule has 0 atom stereocenters. The van der Waals surface area contributed by atoms with E-state index in [0.29, 0.717) is 41.6 Å². The van der Waals surface area contributed by atoms with Crippen LogP contribution in [0.4, 0.5) is 8.78 Å². The molecule has 3 rings (SSSR count). The van der Waals surface area contributed by atoms with E-state index in [0.717, 1.165) is 0 Å². The Morgan fingerprint density at radius 2 is 1.83 bits per heavy atom. The van der Waals surface area contributed by atoms with Crippen LogP contribution < -0.4 is 4.74 Å². The average molecular weight is 352 g/mol. The topological polar surface area (TPSA) is 59.0 Å². The van der Waals surface area contributed by atoms with E-state index in [9.17, 15) is 18.4 Å². The maximum Gasteiger partial charge on any atom is 0.387 e. The highest BCUT2D eigenvalue weighted by atomic mass is 32.2. The van der Waals surface area contributed by atoms with Crippen molar-refractivity contribution in [2.24, 2.45) is 4.99 Å². The van der Waals surface area contributed by atoms with Gasteiger partial charge in [-0.25, -0.2) is 0 Å². The van der Waals surface area contributed by atoms with Gasteiger partial charge in [-0.3, -0.25) is 9.59 Å². The third-order valence-electron chi connectivity index (χ3n) is 3.60. The van der Waals surface area contributed by atoms with Gasteiger partial charge in [0.05, 0.1) is 4.91 Å². The lowest BCUT2D eigenvalue weighted by Gasteiger charge is -2.26. The zero-order valence-electron chi connectivity index (χ0n) is 12.6. The molecule has 8 heteroatoms. The lowest BCUT2D eigenvalue weighted by atomic mass is 10.1. The number of amides is 1. The number of benzene rings is 1. The molecule has 0 saturated carbocycles. The number of nitrogens with zero attached hydrogens (tertiary/aromatic N) is 2. The molecule has 0 N–H and O–H groups in total. The van der Waals surface area contributed by atoms with Gasteiger partial charge in [-0.05, 0) is 35.5 Å². The Bertz CT molecular complexity index is 707. The highest BCUT2D eigenvalue weighted by molar-refractivity contribution is 8.18. The van der Waals surface area contributed by atoms with E-state index in [-0.39, 0.29) is 17.4 Å². The molecule has 1 aromatic carbocycles. The van der Waals surface area contributed by atoms with Crippen molar-refractivity contribution in [3.8, 4) is 5.75 Å². The third-order valence-corrected chi connectivity index (χ3v) is 4.65. The van der Waals surface area contributed by atoms with Crippen molar-refractivity contribution < 1.29 is 23.1 Å². The number of ketones is 1.